The van der Waals surface area contributed by atoms with Gasteiger partial charge >= 0.3 is 5.97 Å². The monoisotopic (exact) mass is 288 g/mol. The maximum Gasteiger partial charge on any atom is 0.337 e. The standard InChI is InChI=1S/C14H16N4O3/c1-3-17(2)12-6-13(19)18(16-8-12)9-11-5-4-10(7-15-11)14(20)21/h4-8H,3,9H2,1-2H3,(H,20,21). The van der Waals surface area contributed by atoms with Crippen molar-refractivity contribution in [2.75, 3.05) is 18.5 Å². The summed E-state index contributed by atoms with van der Waals surface area (Å²) in [6, 6.07) is 4.54. The van der Waals surface area contributed by atoms with E-state index in [0.29, 0.717) is 5.69 Å². The van der Waals surface area contributed by atoms with Crippen LogP contribution in [0, 0.1) is 0 Å². The van der Waals surface area contributed by atoms with Gasteiger partial charge in [0.2, 0.25) is 0 Å². The Morgan fingerprint density at radius 2 is 2.14 bits per heavy atom. The highest BCUT2D eigenvalue weighted by molar-refractivity contribution is 5.87. The minimum atomic E-state index is -1.03. The maximum absolute atomic E-state index is 12.0. The second-order valence-corrected chi connectivity index (χ2v) is 4.57. The Balaban J connectivity index is 2.20. The first-order valence-corrected chi connectivity index (χ1v) is 6.47. The number of aromatic carboxylic acids is 1. The zero-order valence-electron chi connectivity index (χ0n) is 11.9. The Bertz CT molecular complexity index is 694. The van der Waals surface area contributed by atoms with Gasteiger partial charge in [-0.2, -0.15) is 5.10 Å². The number of rotatable bonds is 5. The van der Waals surface area contributed by atoms with Crippen LogP contribution < -0.4 is 10.5 Å². The summed E-state index contributed by atoms with van der Waals surface area (Å²) in [6.07, 6.45) is 2.89. The van der Waals surface area contributed by atoms with Gasteiger partial charge in [0, 0.05) is 25.9 Å². The molecule has 0 aliphatic carbocycles. The number of pyridine rings is 1. The van der Waals surface area contributed by atoms with Crippen molar-refractivity contribution in [2.24, 2.45) is 0 Å². The third-order valence-electron chi connectivity index (χ3n) is 3.15. The predicted molar refractivity (Wildman–Crippen MR) is 77.7 cm³/mol. The van der Waals surface area contributed by atoms with E-state index in [1.165, 1.54) is 23.0 Å². The normalized spacial score (nSPS) is 10.4. The number of aromatic nitrogens is 3. The molecule has 0 radical (unpaired) electrons. The van der Waals surface area contributed by atoms with E-state index in [1.807, 2.05) is 18.9 Å². The Morgan fingerprint density at radius 1 is 1.38 bits per heavy atom. The van der Waals surface area contributed by atoms with E-state index in [4.69, 9.17) is 5.11 Å². The van der Waals surface area contributed by atoms with Crippen molar-refractivity contribution in [3.8, 4) is 0 Å². The number of hydrogen-bond acceptors (Lipinski definition) is 5. The van der Waals surface area contributed by atoms with E-state index in [9.17, 15) is 9.59 Å². The minimum Gasteiger partial charge on any atom is -0.478 e. The summed E-state index contributed by atoms with van der Waals surface area (Å²) in [6.45, 7) is 2.97. The summed E-state index contributed by atoms with van der Waals surface area (Å²) in [7, 11) is 1.88. The van der Waals surface area contributed by atoms with Gasteiger partial charge in [-0.15, -0.1) is 0 Å². The van der Waals surface area contributed by atoms with Crippen molar-refractivity contribution in [1.29, 1.82) is 0 Å². The summed E-state index contributed by atoms with van der Waals surface area (Å²) in [5.74, 6) is -1.03. The summed E-state index contributed by atoms with van der Waals surface area (Å²) in [5.41, 5.74) is 1.22. The van der Waals surface area contributed by atoms with Gasteiger partial charge in [-0.05, 0) is 19.1 Å². The third kappa shape index (κ3) is 3.44. The molecule has 21 heavy (non-hydrogen) atoms. The van der Waals surface area contributed by atoms with Gasteiger partial charge in [0.05, 0.1) is 29.7 Å². The first kappa shape index (κ1) is 14.7. The molecule has 2 heterocycles. The van der Waals surface area contributed by atoms with E-state index in [2.05, 4.69) is 10.1 Å². The van der Waals surface area contributed by atoms with E-state index >= 15 is 0 Å². The molecule has 0 aliphatic rings. The molecule has 0 aromatic carbocycles. The average molecular weight is 288 g/mol. The molecule has 0 fully saturated rings. The average Bonchev–Trinajstić information content (AvgIpc) is 2.49. The lowest BCUT2D eigenvalue weighted by Crippen LogP contribution is -2.26. The van der Waals surface area contributed by atoms with Gasteiger partial charge in [-0.3, -0.25) is 9.78 Å². The fraction of sp³-hybridized carbons (Fsp3) is 0.286. The minimum absolute atomic E-state index is 0.110. The molecule has 0 saturated carbocycles. The van der Waals surface area contributed by atoms with E-state index in [-0.39, 0.29) is 17.7 Å². The molecule has 0 unspecified atom stereocenters. The molecule has 0 spiro atoms. The van der Waals surface area contributed by atoms with Crippen LogP contribution >= 0.6 is 0 Å². The number of carboxylic acids is 1. The van der Waals surface area contributed by atoms with Crippen LogP contribution in [-0.4, -0.2) is 39.4 Å². The van der Waals surface area contributed by atoms with Gasteiger partial charge in [0.25, 0.3) is 5.56 Å². The lowest BCUT2D eigenvalue weighted by molar-refractivity contribution is 0.0696. The Hall–Kier alpha value is -2.70. The number of carboxylic acid groups (broad SMARTS) is 1. The first-order chi connectivity index (χ1) is 10.0. The molecule has 0 amide bonds. The smallest absolute Gasteiger partial charge is 0.337 e. The molecule has 2 rings (SSSR count). The molecule has 0 aliphatic heterocycles. The number of carbonyl (C=O) groups is 1. The fourth-order valence-corrected chi connectivity index (χ4v) is 1.73. The Labute approximate surface area is 121 Å². The molecule has 2 aromatic rings. The molecule has 0 saturated heterocycles. The van der Waals surface area contributed by atoms with E-state index < -0.39 is 5.97 Å². The quantitative estimate of drug-likeness (QED) is 0.877. The van der Waals surface area contributed by atoms with Crippen molar-refractivity contribution < 1.29 is 9.90 Å². The molecule has 0 bridgehead atoms. The van der Waals surface area contributed by atoms with Crippen molar-refractivity contribution in [3.63, 3.8) is 0 Å². The predicted octanol–water partition coefficient (Wildman–Crippen LogP) is 0.841. The van der Waals surface area contributed by atoms with Gasteiger partial charge in [0.15, 0.2) is 0 Å². The first-order valence-electron chi connectivity index (χ1n) is 6.47. The summed E-state index contributed by atoms with van der Waals surface area (Å²) in [4.78, 5) is 28.7. The molecule has 7 nitrogen and oxygen atoms in total. The highest BCUT2D eigenvalue weighted by Crippen LogP contribution is 2.06. The van der Waals surface area contributed by atoms with Crippen molar-refractivity contribution in [1.82, 2.24) is 14.8 Å². The molecule has 0 atom stereocenters. The number of hydrogen-bond donors (Lipinski definition) is 1. The third-order valence-corrected chi connectivity index (χ3v) is 3.15. The van der Waals surface area contributed by atoms with Crippen LogP contribution in [0.4, 0.5) is 5.69 Å². The molecular weight excluding hydrogens is 272 g/mol. The second kappa shape index (κ2) is 6.17. The van der Waals surface area contributed by atoms with Crippen LogP contribution in [0.3, 0.4) is 0 Å². The summed E-state index contributed by atoms with van der Waals surface area (Å²) in [5, 5.41) is 12.9. The van der Waals surface area contributed by atoms with Crippen LogP contribution in [0.15, 0.2) is 35.4 Å². The molecule has 110 valence electrons. The molecule has 1 N–H and O–H groups in total. The lowest BCUT2D eigenvalue weighted by Gasteiger charge is -2.16. The van der Waals surface area contributed by atoms with Gasteiger partial charge in [-0.25, -0.2) is 9.48 Å². The van der Waals surface area contributed by atoms with E-state index in [0.717, 1.165) is 12.2 Å². The van der Waals surface area contributed by atoms with Crippen molar-refractivity contribution >= 4 is 11.7 Å². The zero-order chi connectivity index (χ0) is 15.4. The van der Waals surface area contributed by atoms with Crippen LogP contribution in [0.2, 0.25) is 0 Å². The van der Waals surface area contributed by atoms with Crippen LogP contribution in [0.1, 0.15) is 23.0 Å². The fourth-order valence-electron chi connectivity index (χ4n) is 1.73. The summed E-state index contributed by atoms with van der Waals surface area (Å²) < 4.78 is 1.29. The van der Waals surface area contributed by atoms with Gasteiger partial charge in [-0.1, -0.05) is 0 Å². The Kier molecular flexibility index (Phi) is 4.32. The van der Waals surface area contributed by atoms with Crippen molar-refractivity contribution in [2.45, 2.75) is 13.5 Å². The summed E-state index contributed by atoms with van der Waals surface area (Å²) >= 11 is 0. The van der Waals surface area contributed by atoms with Gasteiger partial charge in [0.1, 0.15) is 0 Å². The Morgan fingerprint density at radius 3 is 2.67 bits per heavy atom. The molecular formula is C14H16N4O3. The SMILES string of the molecule is CCN(C)c1cnn(Cc2ccc(C(=O)O)cn2)c(=O)c1. The lowest BCUT2D eigenvalue weighted by atomic mass is 10.2. The van der Waals surface area contributed by atoms with Crippen molar-refractivity contribution in [3.05, 3.63) is 52.2 Å². The highest BCUT2D eigenvalue weighted by atomic mass is 16.4. The highest BCUT2D eigenvalue weighted by Gasteiger charge is 2.06. The number of anilines is 1. The zero-order valence-corrected chi connectivity index (χ0v) is 11.9. The number of nitrogens with zero attached hydrogens (tertiary/aromatic N) is 4. The molecule has 2 aromatic heterocycles. The van der Waals surface area contributed by atoms with Gasteiger partial charge < -0.3 is 10.0 Å². The van der Waals surface area contributed by atoms with E-state index in [1.54, 1.807) is 12.3 Å². The largest absolute Gasteiger partial charge is 0.478 e. The van der Waals surface area contributed by atoms with Crippen LogP contribution in [-0.2, 0) is 6.54 Å². The molecule has 7 heteroatoms. The second-order valence-electron chi connectivity index (χ2n) is 4.57. The topological polar surface area (TPSA) is 88.3 Å². The maximum atomic E-state index is 12.0. The van der Waals surface area contributed by atoms with Crippen LogP contribution in [0.5, 0.6) is 0 Å². The van der Waals surface area contributed by atoms with Crippen LogP contribution in [0.25, 0.3) is 0 Å².